The molecule has 0 radical (unpaired) electrons. The summed E-state index contributed by atoms with van der Waals surface area (Å²) in [7, 11) is -1.64. The molecule has 2 rings (SSSR count). The van der Waals surface area contributed by atoms with Gasteiger partial charge in [-0.25, -0.2) is 0 Å². The number of aliphatic hydroxyl groups is 1. The predicted molar refractivity (Wildman–Crippen MR) is 87.2 cm³/mol. The molecule has 1 unspecified atom stereocenters. The van der Waals surface area contributed by atoms with Crippen molar-refractivity contribution in [2.75, 3.05) is 0 Å². The zero-order valence-electron chi connectivity index (χ0n) is 12.6. The molecule has 0 saturated heterocycles. The topological polar surface area (TPSA) is 29.5 Å². The van der Waals surface area contributed by atoms with Gasteiger partial charge in [0.2, 0.25) is 0 Å². The predicted octanol–water partition coefficient (Wildman–Crippen LogP) is 4.92. The van der Waals surface area contributed by atoms with Gasteiger partial charge in [0.25, 0.3) is 5.95 Å². The van der Waals surface area contributed by atoms with Crippen LogP contribution >= 0.6 is 0 Å². The second-order valence-corrected chi connectivity index (χ2v) is 11.7. The second kappa shape index (κ2) is 5.48. The fourth-order valence-electron chi connectivity index (χ4n) is 2.93. The van der Waals surface area contributed by atoms with Crippen LogP contribution < -0.4 is 0 Å². The highest BCUT2D eigenvalue weighted by Crippen LogP contribution is 2.51. The summed E-state index contributed by atoms with van der Waals surface area (Å²) in [5, 5.41) is 9.80. The molecule has 3 heteroatoms. The van der Waals surface area contributed by atoms with Gasteiger partial charge < -0.3 is 9.84 Å². The Hall–Kier alpha value is -1.48. The van der Waals surface area contributed by atoms with E-state index in [1.807, 2.05) is 24.3 Å². The van der Waals surface area contributed by atoms with E-state index in [1.165, 1.54) is 0 Å². The first-order chi connectivity index (χ1) is 9.42. The van der Waals surface area contributed by atoms with E-state index in [-0.39, 0.29) is 11.2 Å². The molecule has 1 aromatic carbocycles. The smallest absolute Gasteiger partial charge is 0.284 e. The highest BCUT2D eigenvalue weighted by Gasteiger charge is 2.57. The third-order valence-corrected chi connectivity index (χ3v) is 7.12. The molecule has 2 nitrogen and oxygen atoms in total. The lowest BCUT2D eigenvalue weighted by molar-refractivity contribution is -0.0180. The Morgan fingerprint density at radius 3 is 2.40 bits per heavy atom. The van der Waals surface area contributed by atoms with E-state index in [9.17, 15) is 5.11 Å². The molecule has 0 amide bonds. The van der Waals surface area contributed by atoms with E-state index >= 15 is 0 Å². The molecule has 0 saturated carbocycles. The fourth-order valence-corrected chi connectivity index (χ4v) is 5.26. The largest absolute Gasteiger partial charge is 0.481 e. The van der Waals surface area contributed by atoms with Gasteiger partial charge in [0, 0.05) is 0 Å². The van der Waals surface area contributed by atoms with Gasteiger partial charge in [-0.1, -0.05) is 56.0 Å². The molecule has 0 aliphatic carbocycles. The standard InChI is InChI=1S/C17H24O2Si/c1-5-6-10-13-17(20(2,3)4)15(16(18)19-17)14-11-8-7-9-12-14/h5,7-9,11-12,18H,1,6,10,13H2,2-4H3. The van der Waals surface area contributed by atoms with Crippen molar-refractivity contribution in [1.82, 2.24) is 0 Å². The van der Waals surface area contributed by atoms with Crippen LogP contribution in [0.3, 0.4) is 0 Å². The number of benzene rings is 1. The molecule has 108 valence electrons. The molecule has 1 aliphatic heterocycles. The summed E-state index contributed by atoms with van der Waals surface area (Å²) in [5.41, 5.74) is 2.08. The summed E-state index contributed by atoms with van der Waals surface area (Å²) in [4.78, 5) is 0. The van der Waals surface area contributed by atoms with Gasteiger partial charge in [-0.05, 0) is 24.8 Å². The molecule has 1 aromatic rings. The van der Waals surface area contributed by atoms with Gasteiger partial charge in [0.15, 0.2) is 0 Å². The Kier molecular flexibility index (Phi) is 4.09. The van der Waals surface area contributed by atoms with Crippen LogP contribution in [0.5, 0.6) is 0 Å². The summed E-state index contributed by atoms with van der Waals surface area (Å²) in [5.74, 6) is 0.109. The van der Waals surface area contributed by atoms with Crippen molar-refractivity contribution >= 4 is 13.6 Å². The first kappa shape index (κ1) is 14.9. The lowest BCUT2D eigenvalue weighted by Crippen LogP contribution is -2.60. The van der Waals surface area contributed by atoms with E-state index in [2.05, 4.69) is 38.4 Å². The lowest BCUT2D eigenvalue weighted by atomic mass is 9.93. The van der Waals surface area contributed by atoms with Gasteiger partial charge in [0.1, 0.15) is 13.3 Å². The van der Waals surface area contributed by atoms with Crippen LogP contribution in [0.4, 0.5) is 0 Å². The quantitative estimate of drug-likeness (QED) is 0.457. The number of allylic oxidation sites excluding steroid dienone is 1. The Morgan fingerprint density at radius 2 is 1.90 bits per heavy atom. The van der Waals surface area contributed by atoms with Gasteiger partial charge in [0.05, 0.1) is 5.57 Å². The SMILES string of the molecule is C=CCCCC1([Si](C)(C)C)OC(O)=C1c1ccccc1. The Bertz CT molecular complexity index is 514. The fraction of sp³-hybridized carbons (Fsp3) is 0.412. The van der Waals surface area contributed by atoms with Crippen molar-refractivity contribution in [2.45, 2.75) is 44.1 Å². The average Bonchev–Trinajstić information content (AvgIpc) is 2.37. The van der Waals surface area contributed by atoms with Gasteiger partial charge >= 0.3 is 0 Å². The molecule has 0 bridgehead atoms. The number of ether oxygens (including phenoxy) is 1. The van der Waals surface area contributed by atoms with E-state index in [4.69, 9.17) is 4.74 Å². The minimum absolute atomic E-state index is 0.109. The van der Waals surface area contributed by atoms with Crippen molar-refractivity contribution in [3.05, 3.63) is 54.5 Å². The average molecular weight is 288 g/mol. The van der Waals surface area contributed by atoms with Gasteiger partial charge in [-0.3, -0.25) is 0 Å². The number of hydrogen-bond donors (Lipinski definition) is 1. The molecular weight excluding hydrogens is 264 g/mol. The highest BCUT2D eigenvalue weighted by molar-refractivity contribution is 6.81. The third-order valence-electron chi connectivity index (χ3n) is 4.10. The second-order valence-electron chi connectivity index (χ2n) is 6.41. The van der Waals surface area contributed by atoms with Gasteiger partial charge in [-0.15, -0.1) is 6.58 Å². The molecule has 0 spiro atoms. The van der Waals surface area contributed by atoms with Gasteiger partial charge in [-0.2, -0.15) is 0 Å². The van der Waals surface area contributed by atoms with Crippen LogP contribution in [0.1, 0.15) is 24.8 Å². The molecule has 0 fully saturated rings. The van der Waals surface area contributed by atoms with Crippen LogP contribution in [-0.2, 0) is 4.74 Å². The summed E-state index contributed by atoms with van der Waals surface area (Å²) >= 11 is 0. The maximum atomic E-state index is 10.1. The molecule has 0 aromatic heterocycles. The van der Waals surface area contributed by atoms with Crippen LogP contribution in [0.2, 0.25) is 19.6 Å². The lowest BCUT2D eigenvalue weighted by Gasteiger charge is -2.51. The van der Waals surface area contributed by atoms with Crippen molar-refractivity contribution in [3.8, 4) is 0 Å². The molecule has 1 atom stereocenters. The van der Waals surface area contributed by atoms with Crippen molar-refractivity contribution in [1.29, 1.82) is 0 Å². The van der Waals surface area contributed by atoms with Crippen LogP contribution in [0.25, 0.3) is 5.57 Å². The van der Waals surface area contributed by atoms with Crippen molar-refractivity contribution in [3.63, 3.8) is 0 Å². The number of hydrogen-bond acceptors (Lipinski definition) is 2. The molecular formula is C17H24O2Si. The maximum Gasteiger partial charge on any atom is 0.284 e. The molecule has 1 N–H and O–H groups in total. The molecule has 20 heavy (non-hydrogen) atoms. The van der Waals surface area contributed by atoms with Crippen LogP contribution in [0, 0.1) is 0 Å². The van der Waals surface area contributed by atoms with E-state index in [1.54, 1.807) is 0 Å². The number of aliphatic hydroxyl groups excluding tert-OH is 1. The Balaban J connectivity index is 2.37. The van der Waals surface area contributed by atoms with Crippen LogP contribution in [-0.4, -0.2) is 18.4 Å². The highest BCUT2D eigenvalue weighted by atomic mass is 28.3. The summed E-state index contributed by atoms with van der Waals surface area (Å²) < 4.78 is 5.87. The number of rotatable bonds is 6. The van der Waals surface area contributed by atoms with Crippen molar-refractivity contribution < 1.29 is 9.84 Å². The van der Waals surface area contributed by atoms with Crippen molar-refractivity contribution in [2.24, 2.45) is 0 Å². The Morgan fingerprint density at radius 1 is 1.25 bits per heavy atom. The third kappa shape index (κ3) is 2.42. The minimum Gasteiger partial charge on any atom is -0.481 e. The van der Waals surface area contributed by atoms with E-state index in [0.29, 0.717) is 0 Å². The Labute approximate surface area is 122 Å². The zero-order chi connectivity index (χ0) is 14.8. The maximum absolute atomic E-state index is 10.1. The minimum atomic E-state index is -1.64. The zero-order valence-corrected chi connectivity index (χ0v) is 13.6. The van der Waals surface area contributed by atoms with E-state index < -0.39 is 8.07 Å². The summed E-state index contributed by atoms with van der Waals surface area (Å²) in [6.07, 6.45) is 4.92. The first-order valence-electron chi connectivity index (χ1n) is 7.21. The molecule has 1 heterocycles. The molecule has 1 aliphatic rings. The van der Waals surface area contributed by atoms with E-state index in [0.717, 1.165) is 30.4 Å². The number of unbranched alkanes of at least 4 members (excludes halogenated alkanes) is 1. The first-order valence-corrected chi connectivity index (χ1v) is 10.7. The normalized spacial score (nSPS) is 22.1. The summed E-state index contributed by atoms with van der Waals surface area (Å²) in [6.45, 7) is 10.7. The summed E-state index contributed by atoms with van der Waals surface area (Å²) in [6, 6.07) is 10.1. The van der Waals surface area contributed by atoms with Crippen LogP contribution in [0.15, 0.2) is 48.9 Å². The monoisotopic (exact) mass is 288 g/mol.